The number of anilines is 1. The summed E-state index contributed by atoms with van der Waals surface area (Å²) in [6.07, 6.45) is -6.91. The van der Waals surface area contributed by atoms with Crippen LogP contribution < -0.4 is 15.7 Å². The Morgan fingerprint density at radius 1 is 1.37 bits per heavy atom. The van der Waals surface area contributed by atoms with Crippen molar-refractivity contribution < 1.29 is 31.5 Å². The summed E-state index contributed by atoms with van der Waals surface area (Å²) in [7, 11) is 0. The molecule has 3 aromatic heterocycles. The van der Waals surface area contributed by atoms with Crippen molar-refractivity contribution in [1.82, 2.24) is 29.5 Å². The summed E-state index contributed by atoms with van der Waals surface area (Å²) >= 11 is 5.87. The van der Waals surface area contributed by atoms with Gasteiger partial charge in [0, 0.05) is 6.54 Å². The van der Waals surface area contributed by atoms with Crippen LogP contribution in [0.15, 0.2) is 10.9 Å². The number of pyridine rings is 1. The molecule has 2 N–H and O–H groups in total. The van der Waals surface area contributed by atoms with Crippen LogP contribution in [0.4, 0.5) is 27.6 Å². The van der Waals surface area contributed by atoms with E-state index in [4.69, 9.17) is 16.3 Å². The summed E-state index contributed by atoms with van der Waals surface area (Å²) in [6.45, 7) is 2.74. The highest BCUT2D eigenvalue weighted by atomic mass is 35.5. The Morgan fingerprint density at radius 2 is 2.06 bits per heavy atom. The van der Waals surface area contributed by atoms with E-state index < -0.39 is 53.6 Å². The van der Waals surface area contributed by atoms with Crippen molar-refractivity contribution in [3.05, 3.63) is 44.6 Å². The molecular formula is C19H19ClF5N7O3. The van der Waals surface area contributed by atoms with Crippen molar-refractivity contribution in [2.75, 3.05) is 5.32 Å². The smallest absolute Gasteiger partial charge is 0.425 e. The minimum absolute atomic E-state index is 0.00177. The maximum absolute atomic E-state index is 15.0. The van der Waals surface area contributed by atoms with E-state index in [-0.39, 0.29) is 23.2 Å². The first-order chi connectivity index (χ1) is 16.4. The summed E-state index contributed by atoms with van der Waals surface area (Å²) in [5.74, 6) is -4.58. The van der Waals surface area contributed by atoms with E-state index in [2.05, 4.69) is 25.6 Å². The third-order valence-electron chi connectivity index (χ3n) is 4.76. The van der Waals surface area contributed by atoms with Gasteiger partial charge in [-0.15, -0.1) is 5.10 Å². The van der Waals surface area contributed by atoms with Crippen molar-refractivity contribution in [2.24, 2.45) is 0 Å². The number of hydrogen-bond acceptors (Lipinski definition) is 6. The minimum atomic E-state index is -4.87. The molecule has 3 aromatic rings. The lowest BCUT2D eigenvalue weighted by Gasteiger charge is -2.19. The number of aromatic amines is 1. The van der Waals surface area contributed by atoms with Gasteiger partial charge in [-0.2, -0.15) is 27.9 Å². The van der Waals surface area contributed by atoms with Gasteiger partial charge in [-0.1, -0.05) is 18.5 Å². The first kappa shape index (κ1) is 26.1. The number of nitrogens with zero attached hydrogens (tertiary/aromatic N) is 5. The number of carbonyl (C=O) groups excluding carboxylic acids is 1. The minimum Gasteiger partial charge on any atom is -0.464 e. The highest BCUT2D eigenvalue weighted by molar-refractivity contribution is 6.33. The number of alkyl halides is 4. The molecule has 0 fully saturated rings. The van der Waals surface area contributed by atoms with E-state index in [1.54, 1.807) is 6.92 Å². The second-order valence-electron chi connectivity index (χ2n) is 7.31. The molecule has 190 valence electrons. The Morgan fingerprint density at radius 3 is 2.60 bits per heavy atom. The number of halogens is 6. The topological polar surface area (TPSA) is 120 Å². The first-order valence-electron chi connectivity index (χ1n) is 10.1. The molecule has 0 aromatic carbocycles. The number of amides is 1. The van der Waals surface area contributed by atoms with Crippen LogP contribution in [0.1, 0.15) is 42.1 Å². The van der Waals surface area contributed by atoms with E-state index in [0.29, 0.717) is 29.8 Å². The third-order valence-corrected chi connectivity index (χ3v) is 5.04. The fraction of sp³-hybridized carbons (Fsp3) is 0.421. The molecule has 3 rings (SSSR count). The first-order valence-corrected chi connectivity index (χ1v) is 10.5. The lowest BCUT2D eigenvalue weighted by Crippen LogP contribution is -2.33. The van der Waals surface area contributed by atoms with Gasteiger partial charge in [0.2, 0.25) is 5.88 Å². The van der Waals surface area contributed by atoms with E-state index >= 15 is 4.39 Å². The van der Waals surface area contributed by atoms with Gasteiger partial charge in [0.1, 0.15) is 17.9 Å². The Hall–Kier alpha value is -3.49. The molecule has 10 nitrogen and oxygen atoms in total. The number of aromatic nitrogens is 6. The molecule has 35 heavy (non-hydrogen) atoms. The molecule has 0 radical (unpaired) electrons. The van der Waals surface area contributed by atoms with Crippen LogP contribution in [-0.2, 0) is 13.2 Å². The van der Waals surface area contributed by atoms with Crippen LogP contribution >= 0.6 is 11.6 Å². The molecule has 0 unspecified atom stereocenters. The number of aryl methyl sites for hydroxylation is 1. The van der Waals surface area contributed by atoms with Crippen molar-refractivity contribution >= 4 is 23.2 Å². The maximum Gasteiger partial charge on any atom is 0.425 e. The quantitative estimate of drug-likeness (QED) is 0.434. The van der Waals surface area contributed by atoms with Crippen LogP contribution in [0.5, 0.6) is 5.88 Å². The zero-order valence-corrected chi connectivity index (χ0v) is 19.3. The number of ether oxygens (including phenoxy) is 1. The third kappa shape index (κ3) is 5.28. The van der Waals surface area contributed by atoms with Gasteiger partial charge >= 0.3 is 11.9 Å². The normalized spacial score (nSPS) is 12.6. The van der Waals surface area contributed by atoms with E-state index in [1.165, 1.54) is 6.92 Å². The SMILES string of the molecule is CCCn1c(CF)nn(-c2nc(O[C@@H](C)C(F)(F)F)c(C(=O)Nc3c(Cl)n[nH]c3C)cc2F)c1=O. The molecule has 3 heterocycles. The fourth-order valence-electron chi connectivity index (χ4n) is 2.95. The lowest BCUT2D eigenvalue weighted by molar-refractivity contribution is -0.190. The van der Waals surface area contributed by atoms with Gasteiger partial charge in [-0.05, 0) is 26.3 Å². The Balaban J connectivity index is 2.15. The van der Waals surface area contributed by atoms with E-state index in [1.807, 2.05) is 0 Å². The predicted molar refractivity (Wildman–Crippen MR) is 113 cm³/mol. The molecule has 0 aliphatic carbocycles. The van der Waals surface area contributed by atoms with Crippen LogP contribution in [0.2, 0.25) is 5.15 Å². The van der Waals surface area contributed by atoms with E-state index in [0.717, 1.165) is 4.57 Å². The van der Waals surface area contributed by atoms with Gasteiger partial charge in [-0.3, -0.25) is 14.5 Å². The average Bonchev–Trinajstić information content (AvgIpc) is 3.27. The van der Waals surface area contributed by atoms with Crippen molar-refractivity contribution in [1.29, 1.82) is 0 Å². The average molecular weight is 524 g/mol. The van der Waals surface area contributed by atoms with Crippen LogP contribution in [0.3, 0.4) is 0 Å². The van der Waals surface area contributed by atoms with Gasteiger partial charge in [0.05, 0.1) is 5.69 Å². The molecule has 0 saturated carbocycles. The van der Waals surface area contributed by atoms with Crippen molar-refractivity contribution in [2.45, 2.75) is 52.7 Å². The second kappa shape index (κ2) is 10.0. The largest absolute Gasteiger partial charge is 0.464 e. The number of nitrogens with one attached hydrogen (secondary N) is 2. The number of H-pyrrole nitrogens is 1. The van der Waals surface area contributed by atoms with Gasteiger partial charge in [0.25, 0.3) is 5.91 Å². The molecule has 1 atom stereocenters. The molecule has 0 aliphatic rings. The number of carbonyl (C=O) groups is 1. The summed E-state index contributed by atoms with van der Waals surface area (Å²) in [5, 5.41) is 12.0. The van der Waals surface area contributed by atoms with Gasteiger partial charge < -0.3 is 10.1 Å². The van der Waals surface area contributed by atoms with Crippen molar-refractivity contribution in [3.63, 3.8) is 0 Å². The van der Waals surface area contributed by atoms with Crippen LogP contribution in [0, 0.1) is 12.7 Å². The number of rotatable bonds is 8. The summed E-state index contributed by atoms with van der Waals surface area (Å²) < 4.78 is 74.0. The molecule has 16 heteroatoms. The Kier molecular flexibility index (Phi) is 7.47. The van der Waals surface area contributed by atoms with Gasteiger partial charge in [-0.25, -0.2) is 13.6 Å². The molecule has 0 bridgehead atoms. The standard InChI is InChI=1S/C19H19ClF5N7O3/c1-4-5-31-12(7-21)30-32(18(31)34)15-11(22)6-10(17(27-15)35-9(3)19(23,24)25)16(33)26-13-8(2)28-29-14(13)20/h6,9H,4-5,7H2,1-3H3,(H,26,33)(H,28,29)/t9-/m0/s1. The predicted octanol–water partition coefficient (Wildman–Crippen LogP) is 3.71. The second-order valence-corrected chi connectivity index (χ2v) is 7.67. The van der Waals surface area contributed by atoms with E-state index in [9.17, 15) is 27.2 Å². The lowest BCUT2D eigenvalue weighted by atomic mass is 10.2. The monoisotopic (exact) mass is 523 g/mol. The highest BCUT2D eigenvalue weighted by Crippen LogP contribution is 2.29. The summed E-state index contributed by atoms with van der Waals surface area (Å²) in [5.41, 5.74) is -1.39. The zero-order chi connectivity index (χ0) is 26.1. The fourth-order valence-corrected chi connectivity index (χ4v) is 3.18. The maximum atomic E-state index is 15.0. The molecule has 0 saturated heterocycles. The Bertz CT molecular complexity index is 1280. The Labute approximate surface area is 199 Å². The van der Waals surface area contributed by atoms with Crippen molar-refractivity contribution in [3.8, 4) is 11.7 Å². The molecule has 1 amide bonds. The molecule has 0 aliphatic heterocycles. The highest BCUT2D eigenvalue weighted by Gasteiger charge is 2.39. The summed E-state index contributed by atoms with van der Waals surface area (Å²) in [4.78, 5) is 29.1. The molecular weight excluding hydrogens is 505 g/mol. The van der Waals surface area contributed by atoms with Crippen LogP contribution in [-0.4, -0.2) is 47.7 Å². The molecule has 0 spiro atoms. The zero-order valence-electron chi connectivity index (χ0n) is 18.5. The summed E-state index contributed by atoms with van der Waals surface area (Å²) in [6, 6.07) is 0.528. The number of hydrogen-bond donors (Lipinski definition) is 2. The van der Waals surface area contributed by atoms with Crippen LogP contribution in [0.25, 0.3) is 5.82 Å². The van der Waals surface area contributed by atoms with Gasteiger partial charge in [0.15, 0.2) is 28.7 Å².